The highest BCUT2D eigenvalue weighted by Gasteiger charge is 2.41. The average molecular weight is 519 g/mol. The molecule has 0 saturated carbocycles. The van der Waals surface area contributed by atoms with Crippen LogP contribution in [-0.2, 0) is 26.1 Å². The normalized spacial score (nSPS) is 18.9. The van der Waals surface area contributed by atoms with E-state index in [4.69, 9.17) is 9.57 Å². The molecule has 1 aliphatic heterocycles. The number of aromatic nitrogens is 2. The summed E-state index contributed by atoms with van der Waals surface area (Å²) in [6.07, 6.45) is 1.28. The standard InChI is InChI=1S/C24H27FN4O6S/c1-15(2)35-19-5-7-20(8-6-19)36(32,33)28-14-18(11-17(28)13-26-34-3)29-23-10-16(25)4-9-21(23)22(27-29)12-24(30)31/h4-10,13,15,17-18H,11-12,14H2,1-3H3,(H,30,31)/b26-13+/t17-,18-/m1/s1. The number of aliphatic carboxylic acids is 1. The summed E-state index contributed by atoms with van der Waals surface area (Å²) in [7, 11) is -2.60. The van der Waals surface area contributed by atoms with Gasteiger partial charge < -0.3 is 14.7 Å². The molecule has 1 fully saturated rings. The lowest BCUT2D eigenvalue weighted by molar-refractivity contribution is -0.136. The number of benzene rings is 2. The number of hydrogen-bond donors (Lipinski definition) is 1. The molecule has 0 aliphatic carbocycles. The van der Waals surface area contributed by atoms with E-state index in [0.717, 1.165) is 0 Å². The van der Waals surface area contributed by atoms with Gasteiger partial charge in [0.05, 0.1) is 46.9 Å². The van der Waals surface area contributed by atoms with E-state index in [1.165, 1.54) is 52.6 Å². The minimum Gasteiger partial charge on any atom is -0.491 e. The Bertz CT molecular complexity index is 1390. The molecule has 1 saturated heterocycles. The van der Waals surface area contributed by atoms with Gasteiger partial charge in [-0.3, -0.25) is 9.48 Å². The van der Waals surface area contributed by atoms with Gasteiger partial charge in [-0.1, -0.05) is 5.16 Å². The zero-order chi connectivity index (χ0) is 26.0. The molecule has 0 radical (unpaired) electrons. The van der Waals surface area contributed by atoms with Crippen molar-refractivity contribution in [1.29, 1.82) is 0 Å². The van der Waals surface area contributed by atoms with Crippen LogP contribution in [0.1, 0.15) is 32.0 Å². The molecule has 4 rings (SSSR count). The summed E-state index contributed by atoms with van der Waals surface area (Å²) in [4.78, 5) is 16.2. The molecule has 12 heteroatoms. The topological polar surface area (TPSA) is 123 Å². The number of hydrogen-bond acceptors (Lipinski definition) is 7. The Morgan fingerprint density at radius 2 is 2.00 bits per heavy atom. The number of carboxylic acids is 1. The van der Waals surface area contributed by atoms with Crippen LogP contribution in [0.5, 0.6) is 5.75 Å². The van der Waals surface area contributed by atoms with Gasteiger partial charge in [-0.2, -0.15) is 9.40 Å². The highest BCUT2D eigenvalue weighted by atomic mass is 32.2. The molecule has 0 unspecified atom stereocenters. The molecule has 2 aromatic carbocycles. The van der Waals surface area contributed by atoms with Crippen molar-refractivity contribution >= 4 is 33.1 Å². The number of halogens is 1. The van der Waals surface area contributed by atoms with Gasteiger partial charge in [0.1, 0.15) is 18.7 Å². The first-order valence-corrected chi connectivity index (χ1v) is 12.8. The fourth-order valence-corrected chi connectivity index (χ4v) is 5.98. The summed E-state index contributed by atoms with van der Waals surface area (Å²) in [6.45, 7) is 3.77. The molecule has 2 atom stereocenters. The first-order valence-electron chi connectivity index (χ1n) is 11.3. The zero-order valence-corrected chi connectivity index (χ0v) is 20.9. The second-order valence-corrected chi connectivity index (χ2v) is 10.6. The van der Waals surface area contributed by atoms with Gasteiger partial charge in [0.2, 0.25) is 10.0 Å². The van der Waals surface area contributed by atoms with Crippen LogP contribution in [0, 0.1) is 5.82 Å². The second kappa shape index (κ2) is 10.2. The molecule has 1 aliphatic rings. The monoisotopic (exact) mass is 518 g/mol. The van der Waals surface area contributed by atoms with Gasteiger partial charge in [-0.25, -0.2) is 12.8 Å². The van der Waals surface area contributed by atoms with E-state index in [0.29, 0.717) is 16.7 Å². The third-order valence-corrected chi connectivity index (χ3v) is 7.73. The van der Waals surface area contributed by atoms with Crippen molar-refractivity contribution in [3.05, 3.63) is 54.0 Å². The maximum atomic E-state index is 14.1. The molecular formula is C24H27FN4O6S. The fraction of sp³-hybridized carbons (Fsp3) is 0.375. The third kappa shape index (κ3) is 5.19. The van der Waals surface area contributed by atoms with Crippen LogP contribution >= 0.6 is 0 Å². The number of ether oxygens (including phenoxy) is 1. The molecule has 192 valence electrons. The number of carboxylic acid groups (broad SMARTS) is 1. The summed E-state index contributed by atoms with van der Waals surface area (Å²) >= 11 is 0. The van der Waals surface area contributed by atoms with E-state index in [-0.39, 0.29) is 36.1 Å². The average Bonchev–Trinajstić information content (AvgIpc) is 3.39. The van der Waals surface area contributed by atoms with E-state index >= 15 is 0 Å². The Kier molecular flexibility index (Phi) is 7.27. The highest BCUT2D eigenvalue weighted by molar-refractivity contribution is 7.89. The molecule has 3 aromatic rings. The van der Waals surface area contributed by atoms with Crippen LogP contribution in [-0.4, -0.2) is 65.6 Å². The van der Waals surface area contributed by atoms with Crippen molar-refractivity contribution in [2.45, 2.75) is 49.8 Å². The van der Waals surface area contributed by atoms with Crippen molar-refractivity contribution in [3.63, 3.8) is 0 Å². The lowest BCUT2D eigenvalue weighted by Gasteiger charge is -2.21. The Hall–Kier alpha value is -3.51. The maximum Gasteiger partial charge on any atom is 0.309 e. The lowest BCUT2D eigenvalue weighted by Crippen LogP contribution is -2.36. The molecule has 0 spiro atoms. The second-order valence-electron chi connectivity index (χ2n) is 8.73. The van der Waals surface area contributed by atoms with E-state index in [1.54, 1.807) is 12.1 Å². The molecule has 2 heterocycles. The van der Waals surface area contributed by atoms with Gasteiger partial charge in [0, 0.05) is 11.9 Å². The molecule has 10 nitrogen and oxygen atoms in total. The first-order chi connectivity index (χ1) is 17.1. The largest absolute Gasteiger partial charge is 0.491 e. The molecular weight excluding hydrogens is 491 g/mol. The Morgan fingerprint density at radius 3 is 2.64 bits per heavy atom. The van der Waals surface area contributed by atoms with E-state index < -0.39 is 33.9 Å². The first kappa shape index (κ1) is 25.6. The van der Waals surface area contributed by atoms with Crippen LogP contribution in [0.15, 0.2) is 52.5 Å². The van der Waals surface area contributed by atoms with Gasteiger partial charge in [0.15, 0.2) is 0 Å². The van der Waals surface area contributed by atoms with Crippen LogP contribution < -0.4 is 4.74 Å². The van der Waals surface area contributed by atoms with Crippen LogP contribution in [0.25, 0.3) is 10.9 Å². The van der Waals surface area contributed by atoms with Crippen LogP contribution in [0.4, 0.5) is 4.39 Å². The van der Waals surface area contributed by atoms with Crippen molar-refractivity contribution in [3.8, 4) is 5.75 Å². The Morgan fingerprint density at radius 1 is 1.28 bits per heavy atom. The van der Waals surface area contributed by atoms with Crippen molar-refractivity contribution < 1.29 is 32.3 Å². The number of nitrogens with zero attached hydrogens (tertiary/aromatic N) is 4. The van der Waals surface area contributed by atoms with E-state index in [9.17, 15) is 22.7 Å². The van der Waals surface area contributed by atoms with E-state index in [2.05, 4.69) is 10.3 Å². The van der Waals surface area contributed by atoms with Gasteiger partial charge >= 0.3 is 5.97 Å². The molecule has 0 amide bonds. The molecule has 1 aromatic heterocycles. The summed E-state index contributed by atoms with van der Waals surface area (Å²) in [5, 5.41) is 18.0. The Balaban J connectivity index is 1.71. The van der Waals surface area contributed by atoms with Crippen LogP contribution in [0.2, 0.25) is 0 Å². The molecule has 36 heavy (non-hydrogen) atoms. The van der Waals surface area contributed by atoms with E-state index in [1.807, 2.05) is 13.8 Å². The van der Waals surface area contributed by atoms with Crippen molar-refractivity contribution in [2.75, 3.05) is 13.7 Å². The van der Waals surface area contributed by atoms with Gasteiger partial charge in [-0.15, -0.1) is 0 Å². The minimum atomic E-state index is -3.96. The quantitative estimate of drug-likeness (QED) is 0.341. The summed E-state index contributed by atoms with van der Waals surface area (Å²) < 4.78 is 49.7. The summed E-state index contributed by atoms with van der Waals surface area (Å²) in [6, 6.07) is 9.00. The van der Waals surface area contributed by atoms with Crippen molar-refractivity contribution in [2.24, 2.45) is 5.16 Å². The summed E-state index contributed by atoms with van der Waals surface area (Å²) in [5.74, 6) is -1.03. The maximum absolute atomic E-state index is 14.1. The predicted molar refractivity (Wildman–Crippen MR) is 130 cm³/mol. The summed E-state index contributed by atoms with van der Waals surface area (Å²) in [5.41, 5.74) is 0.676. The number of fused-ring (bicyclic) bond motifs is 1. The molecule has 1 N–H and O–H groups in total. The van der Waals surface area contributed by atoms with Gasteiger partial charge in [0.25, 0.3) is 0 Å². The number of sulfonamides is 1. The van der Waals surface area contributed by atoms with Gasteiger partial charge in [-0.05, 0) is 62.7 Å². The number of oxime groups is 1. The van der Waals surface area contributed by atoms with Crippen molar-refractivity contribution in [1.82, 2.24) is 14.1 Å². The Labute approximate surface area is 208 Å². The third-order valence-electron chi connectivity index (χ3n) is 5.83. The SMILES string of the molecule is CO/N=C/[C@H]1C[C@@H](n2nc(CC(=O)O)c3ccc(F)cc32)CN1S(=O)(=O)c1ccc(OC(C)C)cc1. The number of rotatable bonds is 9. The predicted octanol–water partition coefficient (Wildman–Crippen LogP) is 3.23. The fourth-order valence-electron chi connectivity index (χ4n) is 4.36. The lowest BCUT2D eigenvalue weighted by atomic mass is 10.1. The minimum absolute atomic E-state index is 0.0206. The molecule has 0 bridgehead atoms. The highest BCUT2D eigenvalue weighted by Crippen LogP contribution is 2.35. The number of carbonyl (C=O) groups is 1. The zero-order valence-electron chi connectivity index (χ0n) is 20.0. The smallest absolute Gasteiger partial charge is 0.309 e. The van der Waals surface area contributed by atoms with Crippen LogP contribution in [0.3, 0.4) is 0 Å².